The van der Waals surface area contributed by atoms with Crippen molar-refractivity contribution in [3.8, 4) is 11.3 Å². The van der Waals surface area contributed by atoms with Gasteiger partial charge >= 0.3 is 0 Å². The molecule has 0 bridgehead atoms. The second-order valence-electron chi connectivity index (χ2n) is 7.22. The molecule has 1 amide bonds. The van der Waals surface area contributed by atoms with Gasteiger partial charge in [-0.05, 0) is 25.0 Å². The SMILES string of the molecule is O=C(NC1CCCCCC1)c1cc(-c2ccccc2)nc2c(Cl)cccc12. The van der Waals surface area contributed by atoms with Gasteiger partial charge in [0.1, 0.15) is 0 Å². The molecule has 0 saturated heterocycles. The van der Waals surface area contributed by atoms with Crippen molar-refractivity contribution in [3.05, 3.63) is 65.2 Å². The van der Waals surface area contributed by atoms with Crippen LogP contribution in [0, 0.1) is 0 Å². The van der Waals surface area contributed by atoms with Crippen LogP contribution in [0.3, 0.4) is 0 Å². The molecule has 1 aromatic heterocycles. The lowest BCUT2D eigenvalue weighted by molar-refractivity contribution is 0.0935. The van der Waals surface area contributed by atoms with E-state index in [1.165, 1.54) is 25.7 Å². The number of benzene rings is 2. The molecule has 0 radical (unpaired) electrons. The van der Waals surface area contributed by atoms with E-state index in [-0.39, 0.29) is 11.9 Å². The first kappa shape index (κ1) is 18.0. The number of carbonyl (C=O) groups is 1. The van der Waals surface area contributed by atoms with Crippen molar-refractivity contribution >= 4 is 28.4 Å². The third-order valence-corrected chi connectivity index (χ3v) is 5.60. The Labute approximate surface area is 164 Å². The van der Waals surface area contributed by atoms with Gasteiger partial charge < -0.3 is 5.32 Å². The summed E-state index contributed by atoms with van der Waals surface area (Å²) in [5.74, 6) is -0.0336. The number of carbonyl (C=O) groups excluding carboxylic acids is 1. The number of aromatic nitrogens is 1. The maximum Gasteiger partial charge on any atom is 0.252 e. The maximum absolute atomic E-state index is 13.2. The van der Waals surface area contributed by atoms with Crippen molar-refractivity contribution in [2.75, 3.05) is 0 Å². The number of fused-ring (bicyclic) bond motifs is 1. The lowest BCUT2D eigenvalue weighted by Gasteiger charge is -2.18. The molecule has 27 heavy (non-hydrogen) atoms. The first-order chi connectivity index (χ1) is 13.2. The lowest BCUT2D eigenvalue weighted by Crippen LogP contribution is -2.34. The molecule has 0 aliphatic heterocycles. The van der Waals surface area contributed by atoms with Gasteiger partial charge in [0.15, 0.2) is 0 Å². The first-order valence-corrected chi connectivity index (χ1v) is 10.1. The standard InChI is InChI=1S/C23H23ClN2O/c24-20-14-8-13-18-19(23(27)25-17-11-6-1-2-7-12-17)15-21(26-22(18)20)16-9-4-3-5-10-16/h3-5,8-10,13-15,17H,1-2,6-7,11-12H2,(H,25,27). The summed E-state index contributed by atoms with van der Waals surface area (Å²) in [6.45, 7) is 0. The number of halogens is 1. The van der Waals surface area contributed by atoms with Gasteiger partial charge in [0.25, 0.3) is 5.91 Å². The largest absolute Gasteiger partial charge is 0.349 e. The fraction of sp³-hybridized carbons (Fsp3) is 0.304. The Bertz CT molecular complexity index is 947. The average Bonchev–Trinajstić information content (AvgIpc) is 2.97. The highest BCUT2D eigenvalue weighted by Gasteiger charge is 2.19. The predicted molar refractivity (Wildman–Crippen MR) is 111 cm³/mol. The maximum atomic E-state index is 13.2. The van der Waals surface area contributed by atoms with E-state index in [4.69, 9.17) is 16.6 Å². The van der Waals surface area contributed by atoms with E-state index in [1.54, 1.807) is 0 Å². The van der Waals surface area contributed by atoms with Gasteiger partial charge in [0.05, 0.1) is 21.8 Å². The van der Waals surface area contributed by atoms with Gasteiger partial charge in [-0.25, -0.2) is 4.98 Å². The molecule has 0 spiro atoms. The molecule has 4 rings (SSSR count). The molecule has 4 heteroatoms. The zero-order chi connectivity index (χ0) is 18.6. The number of pyridine rings is 1. The quantitative estimate of drug-likeness (QED) is 0.567. The molecule has 2 aromatic carbocycles. The number of amides is 1. The highest BCUT2D eigenvalue weighted by atomic mass is 35.5. The molecule has 1 N–H and O–H groups in total. The Balaban J connectivity index is 1.76. The van der Waals surface area contributed by atoms with Crippen LogP contribution in [-0.4, -0.2) is 16.9 Å². The van der Waals surface area contributed by atoms with Gasteiger partial charge in [-0.1, -0.05) is 79.7 Å². The van der Waals surface area contributed by atoms with Gasteiger partial charge in [-0.2, -0.15) is 0 Å². The van der Waals surface area contributed by atoms with Crippen LogP contribution >= 0.6 is 11.6 Å². The van der Waals surface area contributed by atoms with Gasteiger partial charge in [0.2, 0.25) is 0 Å². The summed E-state index contributed by atoms with van der Waals surface area (Å²) in [7, 11) is 0. The number of para-hydroxylation sites is 1. The lowest BCUT2D eigenvalue weighted by atomic mass is 10.0. The van der Waals surface area contributed by atoms with Crippen molar-refractivity contribution in [1.29, 1.82) is 0 Å². The third kappa shape index (κ3) is 3.98. The van der Waals surface area contributed by atoms with Crippen LogP contribution < -0.4 is 5.32 Å². The fourth-order valence-electron chi connectivity index (χ4n) is 3.85. The summed E-state index contributed by atoms with van der Waals surface area (Å²) in [4.78, 5) is 17.9. The van der Waals surface area contributed by atoms with E-state index in [9.17, 15) is 4.79 Å². The zero-order valence-electron chi connectivity index (χ0n) is 15.2. The van der Waals surface area contributed by atoms with E-state index in [0.717, 1.165) is 29.5 Å². The Morgan fingerprint density at radius 3 is 2.44 bits per heavy atom. The normalized spacial score (nSPS) is 15.4. The smallest absolute Gasteiger partial charge is 0.252 e. The summed E-state index contributed by atoms with van der Waals surface area (Å²) in [6.07, 6.45) is 7.00. The molecule has 1 heterocycles. The zero-order valence-corrected chi connectivity index (χ0v) is 16.0. The van der Waals surface area contributed by atoms with Gasteiger partial charge in [0, 0.05) is 17.0 Å². The molecule has 1 aliphatic rings. The molecular weight excluding hydrogens is 356 g/mol. The molecule has 0 unspecified atom stereocenters. The third-order valence-electron chi connectivity index (χ3n) is 5.29. The summed E-state index contributed by atoms with van der Waals surface area (Å²) >= 11 is 6.41. The van der Waals surface area contributed by atoms with E-state index in [0.29, 0.717) is 16.1 Å². The Morgan fingerprint density at radius 2 is 1.70 bits per heavy atom. The second kappa shape index (κ2) is 8.10. The Hall–Kier alpha value is -2.39. The summed E-state index contributed by atoms with van der Waals surface area (Å²) in [6, 6.07) is 17.7. The van der Waals surface area contributed by atoms with E-state index in [2.05, 4.69) is 5.32 Å². The topological polar surface area (TPSA) is 42.0 Å². The predicted octanol–water partition coefficient (Wildman–Crippen LogP) is 6.01. The Morgan fingerprint density at radius 1 is 0.963 bits per heavy atom. The highest BCUT2D eigenvalue weighted by molar-refractivity contribution is 6.35. The molecule has 138 valence electrons. The molecule has 0 atom stereocenters. The van der Waals surface area contributed by atoms with Gasteiger partial charge in [-0.3, -0.25) is 4.79 Å². The monoisotopic (exact) mass is 378 g/mol. The Kier molecular flexibility index (Phi) is 5.40. The van der Waals surface area contributed by atoms with E-state index < -0.39 is 0 Å². The van der Waals surface area contributed by atoms with Crippen LogP contribution in [0.4, 0.5) is 0 Å². The van der Waals surface area contributed by atoms with E-state index in [1.807, 2.05) is 54.6 Å². The van der Waals surface area contributed by atoms with Crippen molar-refractivity contribution < 1.29 is 4.79 Å². The van der Waals surface area contributed by atoms with Crippen LogP contribution in [0.2, 0.25) is 5.02 Å². The van der Waals surface area contributed by atoms with Crippen LogP contribution in [0.15, 0.2) is 54.6 Å². The molecule has 1 fully saturated rings. The van der Waals surface area contributed by atoms with Crippen molar-refractivity contribution in [3.63, 3.8) is 0 Å². The second-order valence-corrected chi connectivity index (χ2v) is 7.63. The van der Waals surface area contributed by atoms with Gasteiger partial charge in [-0.15, -0.1) is 0 Å². The number of hydrogen-bond acceptors (Lipinski definition) is 2. The summed E-state index contributed by atoms with van der Waals surface area (Å²) in [5, 5.41) is 4.62. The minimum atomic E-state index is -0.0336. The van der Waals surface area contributed by atoms with Crippen molar-refractivity contribution in [2.24, 2.45) is 0 Å². The molecular formula is C23H23ClN2O. The van der Waals surface area contributed by atoms with E-state index >= 15 is 0 Å². The number of nitrogens with zero attached hydrogens (tertiary/aromatic N) is 1. The molecule has 3 nitrogen and oxygen atoms in total. The molecule has 3 aromatic rings. The minimum absolute atomic E-state index is 0.0336. The molecule has 1 saturated carbocycles. The van der Waals surface area contributed by atoms with Crippen molar-refractivity contribution in [2.45, 2.75) is 44.6 Å². The van der Waals surface area contributed by atoms with Crippen LogP contribution in [0.5, 0.6) is 0 Å². The number of nitrogens with one attached hydrogen (secondary N) is 1. The van der Waals surface area contributed by atoms with Crippen LogP contribution in [-0.2, 0) is 0 Å². The van der Waals surface area contributed by atoms with Crippen LogP contribution in [0.25, 0.3) is 22.2 Å². The number of rotatable bonds is 3. The average molecular weight is 379 g/mol. The van der Waals surface area contributed by atoms with Crippen molar-refractivity contribution in [1.82, 2.24) is 10.3 Å². The summed E-state index contributed by atoms with van der Waals surface area (Å²) in [5.41, 5.74) is 3.06. The minimum Gasteiger partial charge on any atom is -0.349 e. The van der Waals surface area contributed by atoms with Crippen LogP contribution in [0.1, 0.15) is 48.9 Å². The first-order valence-electron chi connectivity index (χ1n) is 9.68. The molecule has 1 aliphatic carbocycles. The fourth-order valence-corrected chi connectivity index (χ4v) is 4.06. The number of hydrogen-bond donors (Lipinski definition) is 1. The highest BCUT2D eigenvalue weighted by Crippen LogP contribution is 2.29. The summed E-state index contributed by atoms with van der Waals surface area (Å²) < 4.78 is 0.